The number of hydrogen-bond acceptors (Lipinski definition) is 5. The molecule has 2 aromatic rings. The minimum atomic E-state index is -0.125. The van der Waals surface area contributed by atoms with E-state index in [1.165, 1.54) is 0 Å². The lowest BCUT2D eigenvalue weighted by molar-refractivity contribution is -0.148. The molecule has 2 N–H and O–H groups in total. The minimum Gasteiger partial charge on any atom is -0.465 e. The summed E-state index contributed by atoms with van der Waals surface area (Å²) in [5, 5.41) is 0. The van der Waals surface area contributed by atoms with Crippen LogP contribution in [-0.2, 0) is 22.5 Å². The van der Waals surface area contributed by atoms with Gasteiger partial charge in [0.2, 0.25) is 0 Å². The summed E-state index contributed by atoms with van der Waals surface area (Å²) in [6.45, 7) is 3.23. The van der Waals surface area contributed by atoms with Crippen LogP contribution in [0.4, 0.5) is 0 Å². The highest BCUT2D eigenvalue weighted by atomic mass is 16.5. The second-order valence-electron chi connectivity index (χ2n) is 7.09. The van der Waals surface area contributed by atoms with Crippen molar-refractivity contribution in [3.8, 4) is 0 Å². The van der Waals surface area contributed by atoms with Crippen LogP contribution in [0.3, 0.4) is 0 Å². The molecule has 0 fully saturated rings. The number of carbonyl (C=O) groups excluding carboxylic acids is 1. The molecule has 1 unspecified atom stereocenters. The Bertz CT molecular complexity index is 770. The van der Waals surface area contributed by atoms with Crippen LogP contribution < -0.4 is 5.73 Å². The third kappa shape index (κ3) is 5.26. The molecule has 144 valence electrons. The summed E-state index contributed by atoms with van der Waals surface area (Å²) in [6, 6.07) is 5.84. The maximum Gasteiger partial charge on any atom is 0.308 e. The van der Waals surface area contributed by atoms with Gasteiger partial charge in [0.05, 0.1) is 36.3 Å². The Labute approximate surface area is 160 Å². The van der Waals surface area contributed by atoms with Crippen LogP contribution >= 0.6 is 0 Å². The minimum absolute atomic E-state index is 0.000205. The molecular weight excluding hydrogens is 340 g/mol. The molecule has 0 aromatic carbocycles. The van der Waals surface area contributed by atoms with Gasteiger partial charge >= 0.3 is 5.97 Å². The Morgan fingerprint density at radius 3 is 3.07 bits per heavy atom. The number of aryl methyl sites for hydroxylation is 2. The summed E-state index contributed by atoms with van der Waals surface area (Å²) in [5.41, 5.74) is 9.16. The van der Waals surface area contributed by atoms with Crippen molar-refractivity contribution in [1.29, 1.82) is 0 Å². The molecule has 6 nitrogen and oxygen atoms in total. The van der Waals surface area contributed by atoms with Gasteiger partial charge < -0.3 is 15.0 Å². The van der Waals surface area contributed by atoms with Crippen molar-refractivity contribution >= 4 is 12.0 Å². The monoisotopic (exact) mass is 368 g/mol. The van der Waals surface area contributed by atoms with E-state index in [2.05, 4.69) is 26.7 Å². The Morgan fingerprint density at radius 2 is 2.26 bits per heavy atom. The van der Waals surface area contributed by atoms with Gasteiger partial charge in [-0.2, -0.15) is 0 Å². The Balaban J connectivity index is 1.33. The molecule has 0 bridgehead atoms. The lowest BCUT2D eigenvalue weighted by Gasteiger charge is -2.14. The topological polar surface area (TPSA) is 83.0 Å². The molecule has 0 amide bonds. The van der Waals surface area contributed by atoms with Crippen molar-refractivity contribution in [2.45, 2.75) is 51.6 Å². The summed E-state index contributed by atoms with van der Waals surface area (Å²) in [7, 11) is 0. The molecule has 6 heteroatoms. The Morgan fingerprint density at radius 1 is 1.37 bits per heavy atom. The molecule has 0 aliphatic heterocycles. The number of pyridine rings is 1. The van der Waals surface area contributed by atoms with Gasteiger partial charge in [0.15, 0.2) is 0 Å². The van der Waals surface area contributed by atoms with Crippen molar-refractivity contribution in [1.82, 2.24) is 14.5 Å². The summed E-state index contributed by atoms with van der Waals surface area (Å²) in [6.07, 6.45) is 12.0. The number of aromatic nitrogens is 3. The molecule has 0 spiro atoms. The van der Waals surface area contributed by atoms with Gasteiger partial charge in [0.25, 0.3) is 0 Å². The van der Waals surface area contributed by atoms with Crippen molar-refractivity contribution in [3.05, 3.63) is 53.9 Å². The fourth-order valence-corrected chi connectivity index (χ4v) is 3.22. The molecule has 2 heterocycles. The Kier molecular flexibility index (Phi) is 6.76. The number of hydrogen-bond donors (Lipinski definition) is 1. The van der Waals surface area contributed by atoms with E-state index in [4.69, 9.17) is 10.5 Å². The maximum atomic E-state index is 12.1. The zero-order chi connectivity index (χ0) is 19.1. The SMILES string of the molecule is C[C@H](CCc1ccccn1)C(=O)OCCCCn1cnc2c1C=CCC2N. The zero-order valence-corrected chi connectivity index (χ0v) is 15.9. The highest BCUT2D eigenvalue weighted by molar-refractivity contribution is 5.71. The molecule has 0 saturated carbocycles. The van der Waals surface area contributed by atoms with E-state index in [0.717, 1.165) is 55.7 Å². The predicted molar refractivity (Wildman–Crippen MR) is 105 cm³/mol. The van der Waals surface area contributed by atoms with E-state index in [0.29, 0.717) is 6.61 Å². The molecule has 2 atom stereocenters. The first-order chi connectivity index (χ1) is 13.1. The van der Waals surface area contributed by atoms with Gasteiger partial charge in [-0.05, 0) is 50.3 Å². The summed E-state index contributed by atoms with van der Waals surface area (Å²) < 4.78 is 7.55. The fourth-order valence-electron chi connectivity index (χ4n) is 3.22. The van der Waals surface area contributed by atoms with Crippen LogP contribution in [0.25, 0.3) is 6.08 Å². The second kappa shape index (κ2) is 9.46. The van der Waals surface area contributed by atoms with Crippen LogP contribution in [0.1, 0.15) is 55.7 Å². The standard InChI is InChI=1S/C21H28N4O2/c1-16(10-11-17-7-2-3-12-23-17)21(26)27-14-5-4-13-25-15-24-20-18(22)8-6-9-19(20)25/h2-3,6-7,9,12,15-16,18H,4-5,8,10-11,13-14,22H2,1H3/t16-,18?/m1/s1. The number of nitrogens with two attached hydrogens (primary N) is 1. The maximum absolute atomic E-state index is 12.1. The molecule has 3 rings (SSSR count). The van der Waals surface area contributed by atoms with Crippen molar-refractivity contribution in [2.75, 3.05) is 6.61 Å². The third-order valence-corrected chi connectivity index (χ3v) is 4.92. The van der Waals surface area contributed by atoms with Gasteiger partial charge in [-0.3, -0.25) is 9.78 Å². The number of rotatable bonds is 9. The average Bonchev–Trinajstić information content (AvgIpc) is 3.11. The number of esters is 1. The van der Waals surface area contributed by atoms with Crippen LogP contribution in [0.2, 0.25) is 0 Å². The third-order valence-electron chi connectivity index (χ3n) is 4.92. The molecule has 2 aromatic heterocycles. The first-order valence-electron chi connectivity index (χ1n) is 9.69. The molecular formula is C21H28N4O2. The van der Waals surface area contributed by atoms with E-state index in [9.17, 15) is 4.79 Å². The largest absolute Gasteiger partial charge is 0.465 e. The average molecular weight is 368 g/mol. The molecule has 27 heavy (non-hydrogen) atoms. The van der Waals surface area contributed by atoms with E-state index in [1.54, 1.807) is 6.20 Å². The van der Waals surface area contributed by atoms with Crippen molar-refractivity contribution < 1.29 is 9.53 Å². The first-order valence-corrected chi connectivity index (χ1v) is 9.69. The number of unbranched alkanes of at least 4 members (excludes halogenated alkanes) is 1. The predicted octanol–water partition coefficient (Wildman–Crippen LogP) is 3.29. The molecule has 0 radical (unpaired) electrons. The van der Waals surface area contributed by atoms with Crippen LogP contribution in [0, 0.1) is 5.92 Å². The lowest BCUT2D eigenvalue weighted by atomic mass is 10.0. The van der Waals surface area contributed by atoms with Crippen molar-refractivity contribution in [3.63, 3.8) is 0 Å². The zero-order valence-electron chi connectivity index (χ0n) is 15.9. The number of carbonyl (C=O) groups is 1. The second-order valence-corrected chi connectivity index (χ2v) is 7.09. The first kappa shape index (κ1) is 19.3. The van der Waals surface area contributed by atoms with E-state index >= 15 is 0 Å². The molecule has 1 aliphatic rings. The van der Waals surface area contributed by atoms with Gasteiger partial charge in [0, 0.05) is 18.4 Å². The van der Waals surface area contributed by atoms with Gasteiger partial charge in [-0.1, -0.05) is 19.1 Å². The molecule has 1 aliphatic carbocycles. The highest BCUT2D eigenvalue weighted by Gasteiger charge is 2.18. The number of ether oxygens (including phenoxy) is 1. The number of imidazole rings is 1. The highest BCUT2D eigenvalue weighted by Crippen LogP contribution is 2.24. The van der Waals surface area contributed by atoms with E-state index in [1.807, 2.05) is 31.5 Å². The van der Waals surface area contributed by atoms with E-state index in [-0.39, 0.29) is 17.9 Å². The van der Waals surface area contributed by atoms with Crippen LogP contribution in [-0.4, -0.2) is 27.1 Å². The number of nitrogens with zero attached hydrogens (tertiary/aromatic N) is 3. The van der Waals surface area contributed by atoms with Crippen molar-refractivity contribution in [2.24, 2.45) is 11.7 Å². The summed E-state index contributed by atoms with van der Waals surface area (Å²) in [5.74, 6) is -0.237. The fraction of sp³-hybridized carbons (Fsp3) is 0.476. The van der Waals surface area contributed by atoms with Gasteiger partial charge in [-0.25, -0.2) is 4.98 Å². The van der Waals surface area contributed by atoms with Gasteiger partial charge in [-0.15, -0.1) is 0 Å². The normalized spacial score (nSPS) is 16.7. The molecule has 0 saturated heterocycles. The Hall–Kier alpha value is -2.47. The van der Waals surface area contributed by atoms with Crippen LogP contribution in [0.15, 0.2) is 36.8 Å². The van der Waals surface area contributed by atoms with E-state index < -0.39 is 0 Å². The summed E-state index contributed by atoms with van der Waals surface area (Å²) in [4.78, 5) is 20.8. The number of fused-ring (bicyclic) bond motifs is 1. The quantitative estimate of drug-likeness (QED) is 0.542. The smallest absolute Gasteiger partial charge is 0.308 e. The van der Waals surface area contributed by atoms with Gasteiger partial charge in [0.1, 0.15) is 0 Å². The lowest BCUT2D eigenvalue weighted by Crippen LogP contribution is -2.17. The van der Waals surface area contributed by atoms with Crippen LogP contribution in [0.5, 0.6) is 0 Å². The summed E-state index contributed by atoms with van der Waals surface area (Å²) >= 11 is 0.